The van der Waals surface area contributed by atoms with Crippen LogP contribution in [-0.4, -0.2) is 32.7 Å². The van der Waals surface area contributed by atoms with Gasteiger partial charge in [0.25, 0.3) is 11.4 Å². The van der Waals surface area contributed by atoms with Gasteiger partial charge < -0.3 is 10.4 Å². The molecule has 5 rings (SSSR count). The van der Waals surface area contributed by atoms with Crippen molar-refractivity contribution in [1.82, 2.24) is 5.43 Å². The van der Waals surface area contributed by atoms with Crippen LogP contribution in [0.25, 0.3) is 0 Å². The molecule has 0 aromatic heterocycles. The summed E-state index contributed by atoms with van der Waals surface area (Å²) >= 11 is 0. The molecule has 39 heavy (non-hydrogen) atoms. The Morgan fingerprint density at radius 3 is 2.41 bits per heavy atom. The molecule has 0 saturated heterocycles. The molecule has 3 N–H and O–H groups in total. The number of aliphatic carboxylic acids is 1. The van der Waals surface area contributed by atoms with Gasteiger partial charge in [-0.25, -0.2) is 10.2 Å². The van der Waals surface area contributed by atoms with Gasteiger partial charge in [-0.3, -0.25) is 25.0 Å². The summed E-state index contributed by atoms with van der Waals surface area (Å²) in [6.07, 6.45) is 8.07. The standard InChI is InChI=1S/C27H35N5O7/c1-24-11-7-20-25(2)9-4-10-26(3,22(33)34)19(25)8-12-27(20,15-24)14-21(24)29-30-23(35)28-17-6-5-16(31(36)37)13-18(17)32(38)39/h5-6,13,19-20H,4,7-12,14-15H2,1-3H3,(H,33,34)(H2,28,30,35)/b29-21-/t19-,20?,24-,25+,26+,27-/m0/s1. The van der Waals surface area contributed by atoms with Crippen molar-refractivity contribution < 1.29 is 24.5 Å². The van der Waals surface area contributed by atoms with E-state index in [0.717, 1.165) is 81.7 Å². The number of nitrogens with one attached hydrogen (secondary N) is 2. The molecule has 1 spiro atoms. The Morgan fingerprint density at radius 1 is 1.03 bits per heavy atom. The number of rotatable bonds is 5. The minimum absolute atomic E-state index is 0.0170. The second kappa shape index (κ2) is 8.99. The van der Waals surface area contributed by atoms with E-state index in [1.807, 2.05) is 6.92 Å². The van der Waals surface area contributed by atoms with Crippen molar-refractivity contribution in [3.05, 3.63) is 38.4 Å². The number of carbonyl (C=O) groups is 2. The molecular weight excluding hydrogens is 506 g/mol. The van der Waals surface area contributed by atoms with Gasteiger partial charge in [-0.2, -0.15) is 5.10 Å². The zero-order valence-electron chi connectivity index (χ0n) is 22.5. The van der Waals surface area contributed by atoms with E-state index in [4.69, 9.17) is 0 Å². The summed E-state index contributed by atoms with van der Waals surface area (Å²) in [6, 6.07) is 2.26. The number of non-ortho nitro benzene ring substituents is 1. The Kier molecular flexibility index (Phi) is 6.23. The van der Waals surface area contributed by atoms with Gasteiger partial charge in [0.15, 0.2) is 0 Å². The molecule has 2 bridgehead atoms. The van der Waals surface area contributed by atoms with Gasteiger partial charge >= 0.3 is 12.0 Å². The Labute approximate surface area is 225 Å². The van der Waals surface area contributed by atoms with Crippen molar-refractivity contribution in [3.63, 3.8) is 0 Å². The summed E-state index contributed by atoms with van der Waals surface area (Å²) < 4.78 is 0. The number of anilines is 1. The third kappa shape index (κ3) is 4.15. The van der Waals surface area contributed by atoms with Crippen LogP contribution < -0.4 is 10.7 Å². The van der Waals surface area contributed by atoms with E-state index in [1.54, 1.807) is 0 Å². The molecule has 1 aromatic carbocycles. The van der Waals surface area contributed by atoms with Gasteiger partial charge in [0.05, 0.1) is 21.3 Å². The van der Waals surface area contributed by atoms with E-state index in [-0.39, 0.29) is 27.9 Å². The molecule has 12 nitrogen and oxygen atoms in total. The summed E-state index contributed by atoms with van der Waals surface area (Å²) in [5.41, 5.74) is 1.29. The minimum atomic E-state index is -0.785. The maximum Gasteiger partial charge on any atom is 0.339 e. The molecule has 0 aliphatic heterocycles. The number of hydrogen-bond donors (Lipinski definition) is 3. The quantitative estimate of drug-likeness (QED) is 0.308. The first-order valence-electron chi connectivity index (χ1n) is 13.5. The first-order valence-corrected chi connectivity index (χ1v) is 13.5. The topological polar surface area (TPSA) is 177 Å². The normalized spacial score (nSPS) is 37.9. The third-order valence-electron chi connectivity index (χ3n) is 10.8. The van der Waals surface area contributed by atoms with Crippen LogP contribution in [0.15, 0.2) is 23.3 Å². The molecule has 6 atom stereocenters. The van der Waals surface area contributed by atoms with Crippen molar-refractivity contribution in [3.8, 4) is 0 Å². The zero-order valence-corrected chi connectivity index (χ0v) is 22.5. The Morgan fingerprint density at radius 2 is 1.74 bits per heavy atom. The summed E-state index contributed by atoms with van der Waals surface area (Å²) in [7, 11) is 0. The number of nitro benzene ring substituents is 2. The van der Waals surface area contributed by atoms with E-state index >= 15 is 0 Å². The van der Waals surface area contributed by atoms with E-state index in [2.05, 4.69) is 29.7 Å². The number of carboxylic acid groups (broad SMARTS) is 1. The van der Waals surface area contributed by atoms with Gasteiger partial charge in [-0.1, -0.05) is 20.3 Å². The molecule has 4 saturated carbocycles. The molecule has 4 aliphatic carbocycles. The predicted molar refractivity (Wildman–Crippen MR) is 142 cm³/mol. The second-order valence-electron chi connectivity index (χ2n) is 12.9. The van der Waals surface area contributed by atoms with Crippen LogP contribution in [0, 0.1) is 53.7 Å². The van der Waals surface area contributed by atoms with Gasteiger partial charge in [-0.05, 0) is 87.0 Å². The summed E-state index contributed by atoms with van der Waals surface area (Å²) in [4.78, 5) is 45.9. The van der Waals surface area contributed by atoms with Gasteiger partial charge in [-0.15, -0.1) is 0 Å². The summed E-state index contributed by atoms with van der Waals surface area (Å²) in [5, 5.41) is 39.4. The molecule has 1 unspecified atom stereocenters. The summed E-state index contributed by atoms with van der Waals surface area (Å²) in [5.74, 6) is -0.161. The molecule has 12 heteroatoms. The lowest BCUT2D eigenvalue weighted by atomic mass is 9.40. The Bertz CT molecular complexity index is 1300. The number of nitro groups is 2. The molecule has 1 aromatic rings. The zero-order chi connectivity index (χ0) is 28.4. The smallest absolute Gasteiger partial charge is 0.339 e. The number of hydrogen-bond acceptors (Lipinski definition) is 7. The molecule has 2 amide bonds. The monoisotopic (exact) mass is 541 g/mol. The van der Waals surface area contributed by atoms with Crippen molar-refractivity contribution in [2.24, 2.45) is 38.6 Å². The molecular formula is C27H35N5O7. The molecule has 0 heterocycles. The van der Waals surface area contributed by atoms with Crippen LogP contribution in [0.2, 0.25) is 0 Å². The SMILES string of the molecule is C[C@@]12CCC3[C@@](CC[C@@H]4[C@](C)(C(=O)O)CCC[C@@]34C)(C/C1=N/NC(=O)Nc1ccc([N+](=O)[O-])cc1[N+](=O)[O-])C2. The van der Waals surface area contributed by atoms with Crippen LogP contribution in [-0.2, 0) is 4.79 Å². The largest absolute Gasteiger partial charge is 0.481 e. The van der Waals surface area contributed by atoms with E-state index < -0.39 is 38.6 Å². The van der Waals surface area contributed by atoms with Crippen LogP contribution in [0.4, 0.5) is 21.9 Å². The van der Waals surface area contributed by atoms with E-state index in [9.17, 15) is 34.9 Å². The highest BCUT2D eigenvalue weighted by atomic mass is 16.6. The lowest BCUT2D eigenvalue weighted by Crippen LogP contribution is -2.58. The number of urea groups is 1. The first-order chi connectivity index (χ1) is 18.2. The highest BCUT2D eigenvalue weighted by molar-refractivity contribution is 5.96. The number of benzene rings is 1. The lowest BCUT2D eigenvalue weighted by molar-refractivity contribution is -0.393. The molecule has 4 aliphatic rings. The highest BCUT2D eigenvalue weighted by Gasteiger charge is 2.67. The molecule has 4 fully saturated rings. The number of carboxylic acids is 1. The number of carbonyl (C=O) groups excluding carboxylic acids is 1. The van der Waals surface area contributed by atoms with E-state index in [1.165, 1.54) is 0 Å². The Balaban J connectivity index is 1.35. The van der Waals surface area contributed by atoms with Crippen LogP contribution in [0.5, 0.6) is 0 Å². The average Bonchev–Trinajstić information content (AvgIpc) is 3.06. The van der Waals surface area contributed by atoms with Gasteiger partial charge in [0, 0.05) is 17.2 Å². The van der Waals surface area contributed by atoms with Crippen molar-refractivity contribution in [2.75, 3.05) is 5.32 Å². The highest BCUT2D eigenvalue weighted by Crippen LogP contribution is 2.73. The first kappa shape index (κ1) is 27.0. The third-order valence-corrected chi connectivity index (χ3v) is 10.8. The molecule has 0 radical (unpaired) electrons. The van der Waals surface area contributed by atoms with Crippen molar-refractivity contribution >= 4 is 34.8 Å². The Hall–Kier alpha value is -3.57. The number of hydrazone groups is 1. The van der Waals surface area contributed by atoms with Gasteiger partial charge in [0.2, 0.25) is 0 Å². The number of fused-ring (bicyclic) bond motifs is 3. The van der Waals surface area contributed by atoms with Crippen LogP contribution >= 0.6 is 0 Å². The van der Waals surface area contributed by atoms with Crippen molar-refractivity contribution in [1.29, 1.82) is 0 Å². The molecule has 210 valence electrons. The lowest BCUT2D eigenvalue weighted by Gasteiger charge is -2.63. The van der Waals surface area contributed by atoms with E-state index in [0.29, 0.717) is 5.92 Å². The van der Waals surface area contributed by atoms with Crippen LogP contribution in [0.1, 0.15) is 78.6 Å². The fraction of sp³-hybridized carbons (Fsp3) is 0.667. The van der Waals surface area contributed by atoms with Crippen LogP contribution in [0.3, 0.4) is 0 Å². The van der Waals surface area contributed by atoms with Crippen molar-refractivity contribution in [2.45, 2.75) is 78.6 Å². The fourth-order valence-corrected chi connectivity index (χ4v) is 9.12. The predicted octanol–water partition coefficient (Wildman–Crippen LogP) is 5.87. The second-order valence-corrected chi connectivity index (χ2v) is 12.9. The average molecular weight is 542 g/mol. The number of nitrogens with zero attached hydrogens (tertiary/aromatic N) is 3. The number of amides is 2. The minimum Gasteiger partial charge on any atom is -0.481 e. The maximum atomic E-state index is 12.7. The maximum absolute atomic E-state index is 12.7. The van der Waals surface area contributed by atoms with Gasteiger partial charge in [0.1, 0.15) is 5.69 Å². The fourth-order valence-electron chi connectivity index (χ4n) is 9.12. The summed E-state index contributed by atoms with van der Waals surface area (Å²) in [6.45, 7) is 6.42.